The van der Waals surface area contributed by atoms with Crippen molar-refractivity contribution in [1.29, 1.82) is 0 Å². The minimum absolute atomic E-state index is 0.106. The van der Waals surface area contributed by atoms with Crippen LogP contribution in [0.4, 0.5) is 13.2 Å². The maximum absolute atomic E-state index is 12.9. The van der Waals surface area contributed by atoms with Crippen molar-refractivity contribution < 1.29 is 27.5 Å². The summed E-state index contributed by atoms with van der Waals surface area (Å²) in [6, 6.07) is 13.7. The van der Waals surface area contributed by atoms with Gasteiger partial charge in [0.2, 0.25) is 5.90 Å². The van der Waals surface area contributed by atoms with E-state index in [2.05, 4.69) is 10.1 Å². The van der Waals surface area contributed by atoms with Crippen molar-refractivity contribution in [2.24, 2.45) is 5.16 Å². The first-order valence-electron chi connectivity index (χ1n) is 9.15. The second-order valence-electron chi connectivity index (χ2n) is 6.73. The highest BCUT2D eigenvalue weighted by Gasteiger charge is 2.31. The predicted molar refractivity (Wildman–Crippen MR) is 103 cm³/mol. The number of aromatic nitrogens is 1. The lowest BCUT2D eigenvalue weighted by Gasteiger charge is -2.14. The van der Waals surface area contributed by atoms with E-state index in [9.17, 15) is 13.2 Å². The predicted octanol–water partition coefficient (Wildman–Crippen LogP) is 6.06. The van der Waals surface area contributed by atoms with Gasteiger partial charge in [-0.2, -0.15) is 13.2 Å². The van der Waals surface area contributed by atoms with Crippen LogP contribution in [0.3, 0.4) is 0 Å². The van der Waals surface area contributed by atoms with Gasteiger partial charge in [0.25, 0.3) is 0 Å². The summed E-state index contributed by atoms with van der Waals surface area (Å²) in [4.78, 5) is 9.45. The highest BCUT2D eigenvalue weighted by Crippen LogP contribution is 2.36. The molecule has 30 heavy (non-hydrogen) atoms. The molecule has 2 aromatic carbocycles. The molecule has 1 aliphatic rings. The molecule has 0 amide bonds. The number of hydrogen-bond acceptors (Lipinski definition) is 5. The van der Waals surface area contributed by atoms with E-state index in [0.29, 0.717) is 23.8 Å². The van der Waals surface area contributed by atoms with Gasteiger partial charge in [0.15, 0.2) is 6.10 Å². The number of hydrogen-bond donors (Lipinski definition) is 0. The highest BCUT2D eigenvalue weighted by atomic mass is 19.4. The highest BCUT2D eigenvalue weighted by molar-refractivity contribution is 5.79. The van der Waals surface area contributed by atoms with Crippen LogP contribution in [0.2, 0.25) is 0 Å². The largest absolute Gasteiger partial charge is 0.457 e. The summed E-state index contributed by atoms with van der Waals surface area (Å²) in [5.41, 5.74) is 0.788. The van der Waals surface area contributed by atoms with Crippen molar-refractivity contribution in [2.75, 3.05) is 0 Å². The normalized spacial score (nSPS) is 16.0. The van der Waals surface area contributed by atoms with Crippen molar-refractivity contribution in [3.8, 4) is 17.2 Å². The molecule has 0 spiro atoms. The third kappa shape index (κ3) is 4.53. The Bertz CT molecular complexity index is 1070. The van der Waals surface area contributed by atoms with Crippen molar-refractivity contribution in [1.82, 2.24) is 4.98 Å². The zero-order valence-electron chi connectivity index (χ0n) is 15.9. The van der Waals surface area contributed by atoms with Crippen LogP contribution in [0.5, 0.6) is 17.2 Å². The Kier molecular flexibility index (Phi) is 5.31. The van der Waals surface area contributed by atoms with Crippen LogP contribution in [-0.4, -0.2) is 10.9 Å². The van der Waals surface area contributed by atoms with E-state index < -0.39 is 11.7 Å². The molecular weight excluding hydrogens is 397 g/mol. The SMILES string of the molecule is Cc1ccc(C2CC(Oc3cccnc3)=NO2)cc1Oc1cccc(C(F)(F)F)c1. The molecule has 0 fully saturated rings. The number of rotatable bonds is 4. The van der Waals surface area contributed by atoms with Crippen molar-refractivity contribution in [2.45, 2.75) is 25.6 Å². The van der Waals surface area contributed by atoms with E-state index in [1.807, 2.05) is 19.1 Å². The summed E-state index contributed by atoms with van der Waals surface area (Å²) >= 11 is 0. The minimum Gasteiger partial charge on any atom is -0.457 e. The fraction of sp³-hybridized carbons (Fsp3) is 0.182. The average Bonchev–Trinajstić information content (AvgIpc) is 3.18. The molecule has 0 radical (unpaired) electrons. The molecule has 0 N–H and O–H groups in total. The molecule has 5 nitrogen and oxygen atoms in total. The van der Waals surface area contributed by atoms with Crippen molar-refractivity contribution >= 4 is 5.90 Å². The smallest absolute Gasteiger partial charge is 0.416 e. The molecule has 1 aliphatic heterocycles. The molecule has 8 heteroatoms. The molecule has 1 aromatic heterocycles. The Morgan fingerprint density at radius 3 is 2.60 bits per heavy atom. The molecule has 0 aliphatic carbocycles. The molecule has 0 saturated heterocycles. The summed E-state index contributed by atoms with van der Waals surface area (Å²) in [5, 5.41) is 3.96. The maximum Gasteiger partial charge on any atom is 0.416 e. The van der Waals surface area contributed by atoms with Gasteiger partial charge in [0.05, 0.1) is 18.2 Å². The number of aryl methyl sites for hydroxylation is 1. The summed E-state index contributed by atoms with van der Waals surface area (Å²) in [6.07, 6.45) is -1.21. The first-order valence-corrected chi connectivity index (χ1v) is 9.15. The number of benzene rings is 2. The zero-order chi connectivity index (χ0) is 21.1. The summed E-state index contributed by atoms with van der Waals surface area (Å²) in [7, 11) is 0. The molecule has 2 heterocycles. The third-order valence-electron chi connectivity index (χ3n) is 4.49. The Morgan fingerprint density at radius 2 is 1.83 bits per heavy atom. The van der Waals surface area contributed by atoms with Crippen LogP contribution in [-0.2, 0) is 11.0 Å². The number of nitrogens with zero attached hydrogens (tertiary/aromatic N) is 2. The number of pyridine rings is 1. The fourth-order valence-corrected chi connectivity index (χ4v) is 2.93. The van der Waals surface area contributed by atoms with E-state index in [0.717, 1.165) is 23.3 Å². The maximum atomic E-state index is 12.9. The molecule has 0 saturated carbocycles. The fourth-order valence-electron chi connectivity index (χ4n) is 2.93. The Labute approximate surface area is 170 Å². The van der Waals surface area contributed by atoms with Crippen LogP contribution < -0.4 is 9.47 Å². The quantitative estimate of drug-likeness (QED) is 0.521. The molecule has 0 bridgehead atoms. The van der Waals surface area contributed by atoms with Gasteiger partial charge >= 0.3 is 6.18 Å². The van der Waals surface area contributed by atoms with Gasteiger partial charge in [-0.3, -0.25) is 4.98 Å². The van der Waals surface area contributed by atoms with Crippen LogP contribution in [0.15, 0.2) is 72.1 Å². The topological polar surface area (TPSA) is 52.9 Å². The Hall–Kier alpha value is -3.55. The second kappa shape index (κ2) is 8.06. The van der Waals surface area contributed by atoms with Crippen LogP contribution >= 0.6 is 0 Å². The number of halogens is 3. The van der Waals surface area contributed by atoms with E-state index in [1.54, 1.807) is 30.6 Å². The van der Waals surface area contributed by atoms with Gasteiger partial charge in [-0.1, -0.05) is 23.4 Å². The second-order valence-corrected chi connectivity index (χ2v) is 6.73. The van der Waals surface area contributed by atoms with Crippen LogP contribution in [0.25, 0.3) is 0 Å². The van der Waals surface area contributed by atoms with Crippen molar-refractivity contribution in [3.63, 3.8) is 0 Å². The molecule has 3 aromatic rings. The summed E-state index contributed by atoms with van der Waals surface area (Å²) in [6.45, 7) is 1.82. The molecular formula is C22H17F3N2O3. The third-order valence-corrected chi connectivity index (χ3v) is 4.49. The Balaban J connectivity index is 1.48. The van der Waals surface area contributed by atoms with Crippen LogP contribution in [0.1, 0.15) is 29.2 Å². The van der Waals surface area contributed by atoms with Gasteiger partial charge in [-0.15, -0.1) is 0 Å². The average molecular weight is 414 g/mol. The summed E-state index contributed by atoms with van der Waals surface area (Å²) < 4.78 is 50.2. The standard InChI is InChI=1S/C22H17F3N2O3/c1-14-7-8-15(20-12-21(27-30-20)29-18-6-3-9-26-13-18)10-19(14)28-17-5-2-4-16(11-17)22(23,24)25/h2-11,13,20H,12H2,1H3. The first kappa shape index (κ1) is 19.8. The van der Waals surface area contributed by atoms with E-state index >= 15 is 0 Å². The van der Waals surface area contributed by atoms with Gasteiger partial charge < -0.3 is 14.3 Å². The molecule has 1 unspecified atom stereocenters. The lowest BCUT2D eigenvalue weighted by molar-refractivity contribution is -0.137. The van der Waals surface area contributed by atoms with Gasteiger partial charge in [-0.25, -0.2) is 0 Å². The van der Waals surface area contributed by atoms with E-state index in [4.69, 9.17) is 14.3 Å². The van der Waals surface area contributed by atoms with E-state index in [1.165, 1.54) is 12.1 Å². The minimum atomic E-state index is -4.43. The molecule has 154 valence electrons. The van der Waals surface area contributed by atoms with Crippen molar-refractivity contribution in [3.05, 3.63) is 83.7 Å². The van der Waals surface area contributed by atoms with E-state index in [-0.39, 0.29) is 11.9 Å². The zero-order valence-corrected chi connectivity index (χ0v) is 15.9. The number of alkyl halides is 3. The first-order chi connectivity index (χ1) is 14.4. The molecule has 4 rings (SSSR count). The summed E-state index contributed by atoms with van der Waals surface area (Å²) in [5.74, 6) is 1.51. The number of oxime groups is 1. The van der Waals surface area contributed by atoms with Gasteiger partial charge in [0.1, 0.15) is 17.2 Å². The van der Waals surface area contributed by atoms with Gasteiger partial charge in [0, 0.05) is 6.20 Å². The molecule has 1 atom stereocenters. The lowest BCUT2D eigenvalue weighted by Crippen LogP contribution is -2.07. The number of ether oxygens (including phenoxy) is 2. The monoisotopic (exact) mass is 414 g/mol. The van der Waals surface area contributed by atoms with Gasteiger partial charge in [-0.05, 0) is 54.4 Å². The lowest BCUT2D eigenvalue weighted by atomic mass is 10.0. The van der Waals surface area contributed by atoms with Crippen LogP contribution in [0, 0.1) is 6.92 Å². The Morgan fingerprint density at radius 1 is 1.00 bits per heavy atom.